The third-order valence-corrected chi connectivity index (χ3v) is 2.86. The molecule has 0 saturated carbocycles. The van der Waals surface area contributed by atoms with Crippen molar-refractivity contribution in [3.63, 3.8) is 0 Å². The number of pyridine rings is 1. The Kier molecular flexibility index (Phi) is 5.38. The van der Waals surface area contributed by atoms with Crippen molar-refractivity contribution in [1.29, 1.82) is 0 Å². The average molecular weight is 237 g/mol. The van der Waals surface area contributed by atoms with Gasteiger partial charge in [0.2, 0.25) is 0 Å². The van der Waals surface area contributed by atoms with Crippen LogP contribution >= 0.6 is 0 Å². The molecular formula is C13H23N3O. The maximum atomic E-state index is 9.35. The number of aromatic nitrogens is 1. The summed E-state index contributed by atoms with van der Waals surface area (Å²) in [6.07, 6.45) is 3.51. The zero-order valence-corrected chi connectivity index (χ0v) is 11.2. The lowest BCUT2D eigenvalue weighted by Gasteiger charge is -2.33. The SMILES string of the molecule is CCN(c1ccncc1CO)C(C)CN(C)C. The third kappa shape index (κ3) is 3.68. The van der Waals surface area contributed by atoms with Gasteiger partial charge in [-0.25, -0.2) is 0 Å². The summed E-state index contributed by atoms with van der Waals surface area (Å²) in [5, 5.41) is 9.35. The highest BCUT2D eigenvalue weighted by atomic mass is 16.3. The van der Waals surface area contributed by atoms with E-state index in [1.165, 1.54) is 0 Å². The van der Waals surface area contributed by atoms with E-state index in [0.717, 1.165) is 24.3 Å². The van der Waals surface area contributed by atoms with Gasteiger partial charge in [-0.15, -0.1) is 0 Å². The van der Waals surface area contributed by atoms with Gasteiger partial charge in [0, 0.05) is 42.8 Å². The molecule has 1 aromatic heterocycles. The van der Waals surface area contributed by atoms with Gasteiger partial charge >= 0.3 is 0 Å². The largest absolute Gasteiger partial charge is 0.392 e. The molecule has 0 aliphatic carbocycles. The summed E-state index contributed by atoms with van der Waals surface area (Å²) in [5.41, 5.74) is 1.97. The summed E-state index contributed by atoms with van der Waals surface area (Å²) in [6, 6.07) is 2.38. The number of hydrogen-bond donors (Lipinski definition) is 1. The molecule has 0 bridgehead atoms. The third-order valence-electron chi connectivity index (χ3n) is 2.86. The van der Waals surface area contributed by atoms with Crippen LogP contribution in [0, 0.1) is 0 Å². The fourth-order valence-corrected chi connectivity index (χ4v) is 2.17. The van der Waals surface area contributed by atoms with Crippen LogP contribution in [0.15, 0.2) is 18.5 Å². The highest BCUT2D eigenvalue weighted by Gasteiger charge is 2.16. The van der Waals surface area contributed by atoms with E-state index < -0.39 is 0 Å². The van der Waals surface area contributed by atoms with Crippen LogP contribution in [0.4, 0.5) is 5.69 Å². The van der Waals surface area contributed by atoms with Crippen LogP contribution in [0.5, 0.6) is 0 Å². The molecule has 0 aromatic carbocycles. The zero-order chi connectivity index (χ0) is 12.8. The highest BCUT2D eigenvalue weighted by Crippen LogP contribution is 2.21. The van der Waals surface area contributed by atoms with Crippen molar-refractivity contribution in [1.82, 2.24) is 9.88 Å². The molecule has 1 N–H and O–H groups in total. The van der Waals surface area contributed by atoms with Gasteiger partial charge in [0.05, 0.1) is 6.61 Å². The van der Waals surface area contributed by atoms with E-state index in [1.54, 1.807) is 12.4 Å². The summed E-state index contributed by atoms with van der Waals surface area (Å²) in [7, 11) is 4.15. The molecule has 0 aliphatic rings. The Morgan fingerprint density at radius 2 is 2.12 bits per heavy atom. The predicted molar refractivity (Wildman–Crippen MR) is 71.2 cm³/mol. The van der Waals surface area contributed by atoms with Crippen molar-refractivity contribution in [2.24, 2.45) is 0 Å². The Balaban J connectivity index is 2.92. The van der Waals surface area contributed by atoms with Crippen LogP contribution in [-0.2, 0) is 6.61 Å². The molecule has 4 nitrogen and oxygen atoms in total. The Hall–Kier alpha value is -1.13. The first kappa shape index (κ1) is 13.9. The predicted octanol–water partition coefficient (Wildman–Crippen LogP) is 1.35. The van der Waals surface area contributed by atoms with E-state index >= 15 is 0 Å². The minimum Gasteiger partial charge on any atom is -0.392 e. The van der Waals surface area contributed by atoms with Crippen LogP contribution in [0.3, 0.4) is 0 Å². The molecule has 0 radical (unpaired) electrons. The number of nitrogens with zero attached hydrogens (tertiary/aromatic N) is 3. The number of rotatable bonds is 6. The molecular weight excluding hydrogens is 214 g/mol. The molecule has 1 aromatic rings. The molecule has 0 aliphatic heterocycles. The van der Waals surface area contributed by atoms with E-state index in [0.29, 0.717) is 6.04 Å². The maximum Gasteiger partial charge on any atom is 0.0717 e. The van der Waals surface area contributed by atoms with Gasteiger partial charge in [-0.1, -0.05) is 0 Å². The van der Waals surface area contributed by atoms with Gasteiger partial charge in [-0.3, -0.25) is 4.98 Å². The first-order valence-corrected chi connectivity index (χ1v) is 6.05. The van der Waals surface area contributed by atoms with Crippen molar-refractivity contribution in [2.45, 2.75) is 26.5 Å². The summed E-state index contributed by atoms with van der Waals surface area (Å²) < 4.78 is 0. The van der Waals surface area contributed by atoms with Crippen molar-refractivity contribution in [3.8, 4) is 0 Å². The van der Waals surface area contributed by atoms with E-state index in [4.69, 9.17) is 0 Å². The average Bonchev–Trinajstić information content (AvgIpc) is 2.29. The molecule has 0 spiro atoms. The molecule has 0 fully saturated rings. The maximum absolute atomic E-state index is 9.35. The van der Waals surface area contributed by atoms with Gasteiger partial charge in [0.25, 0.3) is 0 Å². The number of aliphatic hydroxyl groups is 1. The first-order valence-electron chi connectivity index (χ1n) is 6.05. The van der Waals surface area contributed by atoms with Crippen LogP contribution in [0.1, 0.15) is 19.4 Å². The summed E-state index contributed by atoms with van der Waals surface area (Å²) in [5.74, 6) is 0. The van der Waals surface area contributed by atoms with Gasteiger partial charge in [-0.05, 0) is 34.0 Å². The fourth-order valence-electron chi connectivity index (χ4n) is 2.17. The number of aliphatic hydroxyl groups excluding tert-OH is 1. The number of anilines is 1. The Morgan fingerprint density at radius 1 is 1.41 bits per heavy atom. The van der Waals surface area contributed by atoms with Crippen LogP contribution < -0.4 is 4.90 Å². The lowest BCUT2D eigenvalue weighted by atomic mass is 10.1. The number of hydrogen-bond acceptors (Lipinski definition) is 4. The smallest absolute Gasteiger partial charge is 0.0717 e. The van der Waals surface area contributed by atoms with Gasteiger partial charge in [0.1, 0.15) is 0 Å². The molecule has 0 amide bonds. The summed E-state index contributed by atoms with van der Waals surface area (Å²) in [6.45, 7) is 6.28. The monoisotopic (exact) mass is 237 g/mol. The fraction of sp³-hybridized carbons (Fsp3) is 0.615. The molecule has 17 heavy (non-hydrogen) atoms. The zero-order valence-electron chi connectivity index (χ0n) is 11.2. The lowest BCUT2D eigenvalue weighted by molar-refractivity contribution is 0.281. The quantitative estimate of drug-likeness (QED) is 0.810. The minimum absolute atomic E-state index is 0.0361. The molecule has 96 valence electrons. The van der Waals surface area contributed by atoms with Gasteiger partial charge in [0.15, 0.2) is 0 Å². The summed E-state index contributed by atoms with van der Waals surface area (Å²) in [4.78, 5) is 8.53. The number of likely N-dealkylation sites (N-methyl/N-ethyl adjacent to an activating group) is 2. The minimum atomic E-state index is 0.0361. The van der Waals surface area contributed by atoms with Crippen molar-refractivity contribution >= 4 is 5.69 Å². The second-order valence-electron chi connectivity index (χ2n) is 4.56. The molecule has 1 heterocycles. The second-order valence-corrected chi connectivity index (χ2v) is 4.56. The molecule has 4 heteroatoms. The van der Waals surface area contributed by atoms with E-state index in [2.05, 4.69) is 42.7 Å². The normalized spacial score (nSPS) is 12.8. The van der Waals surface area contributed by atoms with Gasteiger partial charge in [-0.2, -0.15) is 0 Å². The van der Waals surface area contributed by atoms with E-state index in [9.17, 15) is 5.11 Å². The lowest BCUT2D eigenvalue weighted by Crippen LogP contribution is -2.40. The molecule has 1 atom stereocenters. The topological polar surface area (TPSA) is 39.6 Å². The Bertz CT molecular complexity index is 341. The first-order chi connectivity index (χ1) is 8.10. The summed E-state index contributed by atoms with van der Waals surface area (Å²) >= 11 is 0. The molecule has 1 rings (SSSR count). The van der Waals surface area contributed by atoms with Crippen LogP contribution in [0.25, 0.3) is 0 Å². The Morgan fingerprint density at radius 3 is 2.65 bits per heavy atom. The van der Waals surface area contributed by atoms with E-state index in [-0.39, 0.29) is 6.61 Å². The molecule has 1 unspecified atom stereocenters. The highest BCUT2D eigenvalue weighted by molar-refractivity contribution is 5.52. The van der Waals surface area contributed by atoms with Crippen molar-refractivity contribution < 1.29 is 5.11 Å². The molecule has 0 saturated heterocycles. The van der Waals surface area contributed by atoms with Crippen molar-refractivity contribution in [3.05, 3.63) is 24.0 Å². The van der Waals surface area contributed by atoms with Gasteiger partial charge < -0.3 is 14.9 Å². The van der Waals surface area contributed by atoms with Crippen LogP contribution in [0.2, 0.25) is 0 Å². The van der Waals surface area contributed by atoms with Crippen LogP contribution in [-0.4, -0.2) is 48.2 Å². The van der Waals surface area contributed by atoms with Crippen molar-refractivity contribution in [2.75, 3.05) is 32.1 Å². The Labute approximate surface area is 104 Å². The van der Waals surface area contributed by atoms with E-state index in [1.807, 2.05) is 6.07 Å². The standard InChI is InChI=1S/C13H23N3O/c1-5-16(11(2)9-15(3)4)13-6-7-14-8-12(13)10-17/h6-8,11,17H,5,9-10H2,1-4H3. The second kappa shape index (κ2) is 6.57.